The molecular weight excluding hydrogens is 359 g/mol. The zero-order valence-corrected chi connectivity index (χ0v) is 15.7. The van der Waals surface area contributed by atoms with Crippen molar-refractivity contribution < 1.29 is 9.13 Å². The van der Waals surface area contributed by atoms with Gasteiger partial charge in [0.15, 0.2) is 5.82 Å². The molecule has 0 saturated carbocycles. The first-order valence-corrected chi connectivity index (χ1v) is 8.69. The average Bonchev–Trinajstić information content (AvgIpc) is 3.04. The molecule has 0 aliphatic carbocycles. The van der Waals surface area contributed by atoms with E-state index in [1.807, 2.05) is 19.1 Å². The first-order chi connectivity index (χ1) is 13.6. The number of ether oxygens (including phenoxy) is 1. The molecule has 3 N–H and O–H groups in total. The molecule has 8 heteroatoms. The number of aromatic amines is 1. The molecule has 0 spiro atoms. The number of benzene rings is 1. The lowest BCUT2D eigenvalue weighted by atomic mass is 10.1. The predicted molar refractivity (Wildman–Crippen MR) is 108 cm³/mol. The Labute approximate surface area is 161 Å². The Morgan fingerprint density at radius 2 is 2.00 bits per heavy atom. The van der Waals surface area contributed by atoms with Crippen LogP contribution in [-0.2, 0) is 0 Å². The van der Waals surface area contributed by atoms with E-state index in [1.54, 1.807) is 44.8 Å². The molecule has 7 nitrogen and oxygen atoms in total. The number of anilines is 3. The van der Waals surface area contributed by atoms with Gasteiger partial charge in [0.25, 0.3) is 0 Å². The van der Waals surface area contributed by atoms with E-state index < -0.39 is 0 Å². The summed E-state index contributed by atoms with van der Waals surface area (Å²) in [6.07, 6.45) is 3.16. The fourth-order valence-corrected chi connectivity index (χ4v) is 3.06. The standard InChI is InChI=1S/C20H19FN6O/c1-11-8-17(22-2)27-20(24-11)25-12-4-5-16(28-3)14(9-12)19-18(21)13-6-7-23-10-15(13)26-19/h4-10,26H,1-3H3,(H2,22,24,25,27). The Morgan fingerprint density at radius 1 is 1.14 bits per heavy atom. The number of nitrogens with one attached hydrogen (secondary N) is 3. The normalized spacial score (nSPS) is 10.9. The quantitative estimate of drug-likeness (QED) is 0.481. The van der Waals surface area contributed by atoms with Crippen molar-refractivity contribution in [1.29, 1.82) is 0 Å². The van der Waals surface area contributed by atoms with Gasteiger partial charge in [-0.1, -0.05) is 0 Å². The van der Waals surface area contributed by atoms with Crippen LogP contribution >= 0.6 is 0 Å². The molecule has 3 aromatic heterocycles. The van der Waals surface area contributed by atoms with Crippen molar-refractivity contribution in [2.75, 3.05) is 24.8 Å². The molecule has 1 aromatic carbocycles. The summed E-state index contributed by atoms with van der Waals surface area (Å²) in [5, 5.41) is 6.65. The number of H-pyrrole nitrogens is 1. The Kier molecular flexibility index (Phi) is 4.52. The van der Waals surface area contributed by atoms with Crippen LogP contribution < -0.4 is 15.4 Å². The Bertz CT molecular complexity index is 1160. The molecule has 3 heterocycles. The fourth-order valence-electron chi connectivity index (χ4n) is 3.06. The third kappa shape index (κ3) is 3.20. The third-order valence-corrected chi connectivity index (χ3v) is 4.37. The van der Waals surface area contributed by atoms with Crippen LogP contribution in [0, 0.1) is 12.7 Å². The SMILES string of the molecule is CNc1cc(C)nc(Nc2ccc(OC)c(-c3[nH]c4cnccc4c3F)c2)n1. The first kappa shape index (κ1) is 17.7. The second kappa shape index (κ2) is 7.15. The summed E-state index contributed by atoms with van der Waals surface area (Å²) in [4.78, 5) is 15.9. The highest BCUT2D eigenvalue weighted by Crippen LogP contribution is 2.36. The van der Waals surface area contributed by atoms with Crippen molar-refractivity contribution in [3.05, 3.63) is 54.2 Å². The maximum atomic E-state index is 15.0. The number of aryl methyl sites for hydroxylation is 1. The van der Waals surface area contributed by atoms with Gasteiger partial charge < -0.3 is 20.4 Å². The van der Waals surface area contributed by atoms with Gasteiger partial charge in [-0.2, -0.15) is 4.98 Å². The van der Waals surface area contributed by atoms with Crippen molar-refractivity contribution in [1.82, 2.24) is 19.9 Å². The van der Waals surface area contributed by atoms with Crippen LogP contribution in [0.5, 0.6) is 5.75 Å². The number of halogens is 1. The number of fused-ring (bicyclic) bond motifs is 1. The van der Waals surface area contributed by atoms with Crippen molar-refractivity contribution in [2.45, 2.75) is 6.92 Å². The van der Waals surface area contributed by atoms with Crippen LogP contribution in [0.15, 0.2) is 42.7 Å². The lowest BCUT2D eigenvalue weighted by Crippen LogP contribution is -2.02. The smallest absolute Gasteiger partial charge is 0.229 e. The highest BCUT2D eigenvalue weighted by atomic mass is 19.1. The maximum absolute atomic E-state index is 15.0. The van der Waals surface area contributed by atoms with E-state index in [4.69, 9.17) is 4.74 Å². The summed E-state index contributed by atoms with van der Waals surface area (Å²) in [5.74, 6) is 1.35. The molecule has 0 saturated heterocycles. The maximum Gasteiger partial charge on any atom is 0.229 e. The molecule has 0 aliphatic heterocycles. The number of hydrogen-bond donors (Lipinski definition) is 3. The molecule has 28 heavy (non-hydrogen) atoms. The summed E-state index contributed by atoms with van der Waals surface area (Å²) in [5.41, 5.74) is 3.08. The minimum atomic E-state index is -0.350. The number of hydrogen-bond acceptors (Lipinski definition) is 6. The van der Waals surface area contributed by atoms with Gasteiger partial charge in [-0.25, -0.2) is 9.37 Å². The van der Waals surface area contributed by atoms with E-state index in [9.17, 15) is 4.39 Å². The van der Waals surface area contributed by atoms with E-state index in [2.05, 4.69) is 30.6 Å². The van der Waals surface area contributed by atoms with Gasteiger partial charge in [-0.15, -0.1) is 0 Å². The molecule has 4 aromatic rings. The van der Waals surface area contributed by atoms with Crippen LogP contribution in [0.2, 0.25) is 0 Å². The molecule has 142 valence electrons. The number of rotatable bonds is 5. The molecule has 0 fully saturated rings. The second-order valence-electron chi connectivity index (χ2n) is 6.24. The number of aromatic nitrogens is 4. The topological polar surface area (TPSA) is 87.8 Å². The molecule has 0 amide bonds. The summed E-state index contributed by atoms with van der Waals surface area (Å²) in [7, 11) is 3.35. The molecule has 0 unspecified atom stereocenters. The summed E-state index contributed by atoms with van der Waals surface area (Å²) in [6.45, 7) is 1.89. The van der Waals surface area contributed by atoms with Gasteiger partial charge in [0.05, 0.1) is 24.5 Å². The molecular formula is C20H19FN6O. The van der Waals surface area contributed by atoms with E-state index in [0.717, 1.165) is 5.69 Å². The van der Waals surface area contributed by atoms with Crippen molar-refractivity contribution in [2.24, 2.45) is 0 Å². The second-order valence-corrected chi connectivity index (χ2v) is 6.24. The predicted octanol–water partition coefficient (Wildman–Crippen LogP) is 4.26. The van der Waals surface area contributed by atoms with Gasteiger partial charge in [0.1, 0.15) is 11.6 Å². The Hall–Kier alpha value is -3.68. The largest absolute Gasteiger partial charge is 0.496 e. The minimum Gasteiger partial charge on any atom is -0.496 e. The van der Waals surface area contributed by atoms with E-state index >= 15 is 0 Å². The molecule has 0 bridgehead atoms. The highest BCUT2D eigenvalue weighted by Gasteiger charge is 2.17. The Balaban J connectivity index is 1.78. The number of methoxy groups -OCH3 is 1. The summed E-state index contributed by atoms with van der Waals surface area (Å²) in [6, 6.07) is 8.88. The number of nitrogens with zero attached hydrogens (tertiary/aromatic N) is 3. The van der Waals surface area contributed by atoms with E-state index in [0.29, 0.717) is 45.4 Å². The Morgan fingerprint density at radius 3 is 2.75 bits per heavy atom. The van der Waals surface area contributed by atoms with Crippen LogP contribution in [-0.4, -0.2) is 34.1 Å². The lowest BCUT2D eigenvalue weighted by Gasteiger charge is -2.12. The van der Waals surface area contributed by atoms with E-state index in [1.165, 1.54) is 0 Å². The summed E-state index contributed by atoms with van der Waals surface area (Å²) >= 11 is 0. The van der Waals surface area contributed by atoms with E-state index in [-0.39, 0.29) is 5.82 Å². The van der Waals surface area contributed by atoms with Gasteiger partial charge in [-0.3, -0.25) is 4.98 Å². The van der Waals surface area contributed by atoms with Crippen LogP contribution in [0.25, 0.3) is 22.2 Å². The monoisotopic (exact) mass is 378 g/mol. The van der Waals surface area contributed by atoms with Gasteiger partial charge in [0, 0.05) is 41.6 Å². The fraction of sp³-hybridized carbons (Fsp3) is 0.150. The van der Waals surface area contributed by atoms with Crippen LogP contribution in [0.1, 0.15) is 5.69 Å². The van der Waals surface area contributed by atoms with Crippen molar-refractivity contribution in [3.8, 4) is 17.0 Å². The third-order valence-electron chi connectivity index (χ3n) is 4.37. The zero-order chi connectivity index (χ0) is 19.7. The lowest BCUT2D eigenvalue weighted by molar-refractivity contribution is 0.416. The average molecular weight is 378 g/mol. The van der Waals surface area contributed by atoms with Gasteiger partial charge in [-0.05, 0) is 31.2 Å². The summed E-state index contributed by atoms with van der Waals surface area (Å²) < 4.78 is 20.4. The molecule has 4 rings (SSSR count). The number of pyridine rings is 1. The van der Waals surface area contributed by atoms with Gasteiger partial charge in [0.2, 0.25) is 5.95 Å². The molecule has 0 aliphatic rings. The van der Waals surface area contributed by atoms with Crippen LogP contribution in [0.3, 0.4) is 0 Å². The zero-order valence-electron chi connectivity index (χ0n) is 15.7. The minimum absolute atomic E-state index is 0.338. The van der Waals surface area contributed by atoms with Crippen LogP contribution in [0.4, 0.5) is 21.8 Å². The highest BCUT2D eigenvalue weighted by molar-refractivity contribution is 5.88. The van der Waals surface area contributed by atoms with Gasteiger partial charge >= 0.3 is 0 Å². The molecule has 0 atom stereocenters. The molecule has 0 radical (unpaired) electrons. The first-order valence-electron chi connectivity index (χ1n) is 8.69. The van der Waals surface area contributed by atoms with Crippen molar-refractivity contribution >= 4 is 28.4 Å². The van der Waals surface area contributed by atoms with Crippen molar-refractivity contribution in [3.63, 3.8) is 0 Å².